The third-order valence-electron chi connectivity index (χ3n) is 2.43. The Morgan fingerprint density at radius 1 is 1.07 bits per heavy atom. The van der Waals surface area contributed by atoms with E-state index in [1.54, 1.807) is 0 Å². The van der Waals surface area contributed by atoms with E-state index in [9.17, 15) is 0 Å². The summed E-state index contributed by atoms with van der Waals surface area (Å²) >= 11 is 0. The van der Waals surface area contributed by atoms with E-state index in [1.807, 2.05) is 42.7 Å². The van der Waals surface area contributed by atoms with E-state index >= 15 is 0 Å². The number of hydrogen-bond donors (Lipinski definition) is 0. The SMILES string of the molecule is [c]1ccc2c(c1)ncn2-c1ccccc1. The molecule has 0 spiro atoms. The van der Waals surface area contributed by atoms with Gasteiger partial charge in [0, 0.05) is 5.69 Å². The van der Waals surface area contributed by atoms with Crippen LogP contribution in [0, 0.1) is 6.07 Å². The van der Waals surface area contributed by atoms with Crippen LogP contribution in [-0.2, 0) is 0 Å². The van der Waals surface area contributed by atoms with Crippen molar-refractivity contribution >= 4 is 11.0 Å². The Labute approximate surface area is 87.8 Å². The van der Waals surface area contributed by atoms with Crippen molar-refractivity contribution in [1.29, 1.82) is 0 Å². The van der Waals surface area contributed by atoms with Crippen molar-refractivity contribution in [3.63, 3.8) is 0 Å². The van der Waals surface area contributed by atoms with E-state index in [-0.39, 0.29) is 0 Å². The molecule has 1 heterocycles. The highest BCUT2D eigenvalue weighted by Crippen LogP contribution is 2.16. The summed E-state index contributed by atoms with van der Waals surface area (Å²) in [6, 6.07) is 19.0. The van der Waals surface area contributed by atoms with Gasteiger partial charge in [-0.15, -0.1) is 0 Å². The molecule has 3 aromatic rings. The molecule has 0 aliphatic heterocycles. The predicted octanol–water partition coefficient (Wildman–Crippen LogP) is 2.83. The molecular weight excluding hydrogens is 184 g/mol. The van der Waals surface area contributed by atoms with E-state index in [4.69, 9.17) is 0 Å². The quantitative estimate of drug-likeness (QED) is 0.581. The van der Waals surface area contributed by atoms with Crippen LogP contribution in [0.5, 0.6) is 0 Å². The lowest BCUT2D eigenvalue weighted by atomic mass is 10.3. The van der Waals surface area contributed by atoms with Gasteiger partial charge >= 0.3 is 0 Å². The minimum absolute atomic E-state index is 0.973. The molecule has 0 fully saturated rings. The summed E-state index contributed by atoms with van der Waals surface area (Å²) < 4.78 is 2.07. The molecule has 0 atom stereocenters. The number of nitrogens with zero attached hydrogens (tertiary/aromatic N) is 2. The zero-order valence-corrected chi connectivity index (χ0v) is 8.09. The van der Waals surface area contributed by atoms with Gasteiger partial charge in [-0.05, 0) is 30.3 Å². The number of benzene rings is 2. The molecule has 71 valence electrons. The lowest BCUT2D eigenvalue weighted by Gasteiger charge is -2.02. The number of rotatable bonds is 1. The lowest BCUT2D eigenvalue weighted by Crippen LogP contribution is -1.90. The Bertz CT molecular complexity index is 582. The van der Waals surface area contributed by atoms with Crippen molar-refractivity contribution in [1.82, 2.24) is 9.55 Å². The number of para-hydroxylation sites is 1. The predicted molar refractivity (Wildman–Crippen MR) is 59.9 cm³/mol. The second-order valence-corrected chi connectivity index (χ2v) is 3.36. The third kappa shape index (κ3) is 1.31. The third-order valence-corrected chi connectivity index (χ3v) is 2.43. The first kappa shape index (κ1) is 8.24. The van der Waals surface area contributed by atoms with Crippen LogP contribution < -0.4 is 0 Å². The maximum Gasteiger partial charge on any atom is 0.100 e. The van der Waals surface area contributed by atoms with E-state index in [1.165, 1.54) is 0 Å². The Kier molecular flexibility index (Phi) is 1.78. The van der Waals surface area contributed by atoms with Gasteiger partial charge in [0.2, 0.25) is 0 Å². The van der Waals surface area contributed by atoms with Crippen LogP contribution in [0.2, 0.25) is 0 Å². The van der Waals surface area contributed by atoms with Crippen LogP contribution in [0.1, 0.15) is 0 Å². The molecule has 0 saturated carbocycles. The van der Waals surface area contributed by atoms with E-state index < -0.39 is 0 Å². The van der Waals surface area contributed by atoms with E-state index in [2.05, 4.69) is 27.8 Å². The van der Waals surface area contributed by atoms with Gasteiger partial charge in [0.25, 0.3) is 0 Å². The average Bonchev–Trinajstić information content (AvgIpc) is 2.74. The minimum Gasteiger partial charge on any atom is -0.299 e. The molecule has 0 amide bonds. The van der Waals surface area contributed by atoms with Gasteiger partial charge in [0.15, 0.2) is 0 Å². The van der Waals surface area contributed by atoms with Crippen molar-refractivity contribution < 1.29 is 0 Å². The fraction of sp³-hybridized carbons (Fsp3) is 0. The highest BCUT2D eigenvalue weighted by Gasteiger charge is 2.01. The summed E-state index contributed by atoms with van der Waals surface area (Å²) in [5.74, 6) is 0. The van der Waals surface area contributed by atoms with E-state index in [0.29, 0.717) is 0 Å². The zero-order valence-electron chi connectivity index (χ0n) is 8.09. The zero-order chi connectivity index (χ0) is 10.1. The number of imidazole rings is 1. The van der Waals surface area contributed by atoms with Crippen LogP contribution >= 0.6 is 0 Å². The summed E-state index contributed by atoms with van der Waals surface area (Å²) in [7, 11) is 0. The minimum atomic E-state index is 0.973. The molecule has 0 saturated heterocycles. The van der Waals surface area contributed by atoms with Gasteiger partial charge in [0.1, 0.15) is 6.33 Å². The molecule has 2 heteroatoms. The molecule has 0 unspecified atom stereocenters. The Balaban J connectivity index is 2.28. The first-order valence-corrected chi connectivity index (χ1v) is 4.84. The molecule has 0 N–H and O–H groups in total. The van der Waals surface area contributed by atoms with Gasteiger partial charge in [-0.1, -0.05) is 24.3 Å². The smallest absolute Gasteiger partial charge is 0.100 e. The van der Waals surface area contributed by atoms with Crippen LogP contribution in [0.3, 0.4) is 0 Å². The Hall–Kier alpha value is -2.09. The summed E-state index contributed by atoms with van der Waals surface area (Å²) in [4.78, 5) is 4.33. The molecule has 0 bridgehead atoms. The normalized spacial score (nSPS) is 10.7. The van der Waals surface area contributed by atoms with Crippen LogP contribution in [0.25, 0.3) is 16.7 Å². The maximum atomic E-state index is 4.33. The van der Waals surface area contributed by atoms with Gasteiger partial charge < -0.3 is 0 Å². The standard InChI is InChI=1S/C13H9N2/c1-2-6-11(7-3-1)15-10-14-12-8-4-5-9-13(12)15/h1-3,5-10H. The van der Waals surface area contributed by atoms with Crippen LogP contribution in [-0.4, -0.2) is 9.55 Å². The highest BCUT2D eigenvalue weighted by atomic mass is 15.0. The van der Waals surface area contributed by atoms with Gasteiger partial charge in [-0.2, -0.15) is 0 Å². The van der Waals surface area contributed by atoms with Crippen molar-refractivity contribution in [2.45, 2.75) is 0 Å². The first-order valence-electron chi connectivity index (χ1n) is 4.84. The average molecular weight is 193 g/mol. The van der Waals surface area contributed by atoms with Gasteiger partial charge in [0.05, 0.1) is 11.0 Å². The monoisotopic (exact) mass is 193 g/mol. The van der Waals surface area contributed by atoms with Gasteiger partial charge in [-0.3, -0.25) is 4.57 Å². The summed E-state index contributed by atoms with van der Waals surface area (Å²) in [5.41, 5.74) is 3.22. The Morgan fingerprint density at radius 2 is 1.93 bits per heavy atom. The molecular formula is C13H9N2. The second kappa shape index (κ2) is 3.24. The Morgan fingerprint density at radius 3 is 2.80 bits per heavy atom. The van der Waals surface area contributed by atoms with Crippen LogP contribution in [0.15, 0.2) is 54.9 Å². The first-order chi connectivity index (χ1) is 7.45. The largest absolute Gasteiger partial charge is 0.299 e. The lowest BCUT2D eigenvalue weighted by molar-refractivity contribution is 1.09. The summed E-state index contributed by atoms with van der Waals surface area (Å²) in [6.45, 7) is 0. The van der Waals surface area contributed by atoms with Gasteiger partial charge in [-0.25, -0.2) is 4.98 Å². The van der Waals surface area contributed by atoms with Crippen LogP contribution in [0.4, 0.5) is 0 Å². The topological polar surface area (TPSA) is 17.8 Å². The number of hydrogen-bond acceptors (Lipinski definition) is 1. The maximum absolute atomic E-state index is 4.33. The number of fused-ring (bicyclic) bond motifs is 1. The molecule has 15 heavy (non-hydrogen) atoms. The molecule has 2 nitrogen and oxygen atoms in total. The fourth-order valence-electron chi connectivity index (χ4n) is 1.70. The second-order valence-electron chi connectivity index (χ2n) is 3.36. The summed E-state index contributed by atoms with van der Waals surface area (Å²) in [6.07, 6.45) is 1.84. The van der Waals surface area contributed by atoms with E-state index in [0.717, 1.165) is 16.7 Å². The molecule has 2 aromatic carbocycles. The molecule has 3 rings (SSSR count). The fourth-order valence-corrected chi connectivity index (χ4v) is 1.70. The molecule has 0 aliphatic carbocycles. The van der Waals surface area contributed by atoms with Crippen molar-refractivity contribution in [2.24, 2.45) is 0 Å². The van der Waals surface area contributed by atoms with Crippen molar-refractivity contribution in [2.75, 3.05) is 0 Å². The summed E-state index contributed by atoms with van der Waals surface area (Å²) in [5, 5.41) is 0. The molecule has 1 radical (unpaired) electrons. The highest BCUT2D eigenvalue weighted by molar-refractivity contribution is 5.76. The van der Waals surface area contributed by atoms with Crippen molar-refractivity contribution in [3.8, 4) is 5.69 Å². The molecule has 0 aliphatic rings. The molecule has 1 aromatic heterocycles. The number of aromatic nitrogens is 2. The van der Waals surface area contributed by atoms with Crippen molar-refractivity contribution in [3.05, 3.63) is 60.9 Å².